The lowest BCUT2D eigenvalue weighted by Gasteiger charge is -2.19. The molecule has 0 aliphatic heterocycles. The Bertz CT molecular complexity index is 611. The van der Waals surface area contributed by atoms with Gasteiger partial charge in [-0.2, -0.15) is 0 Å². The van der Waals surface area contributed by atoms with Crippen molar-refractivity contribution in [3.05, 3.63) is 59.7 Å². The highest BCUT2D eigenvalue weighted by atomic mass is 16.3. The summed E-state index contributed by atoms with van der Waals surface area (Å²) in [6.07, 6.45) is 0. The van der Waals surface area contributed by atoms with E-state index in [4.69, 9.17) is 0 Å². The third-order valence-electron chi connectivity index (χ3n) is 3.36. The molecule has 2 aromatic rings. The highest BCUT2D eigenvalue weighted by molar-refractivity contribution is 5.98. The second kappa shape index (κ2) is 6.90. The van der Waals surface area contributed by atoms with E-state index in [2.05, 4.69) is 0 Å². The van der Waals surface area contributed by atoms with Gasteiger partial charge in [0.2, 0.25) is 0 Å². The average Bonchev–Trinajstić information content (AvgIpc) is 2.50. The van der Waals surface area contributed by atoms with Gasteiger partial charge in [0.05, 0.1) is 6.54 Å². The zero-order valence-corrected chi connectivity index (χ0v) is 12.0. The van der Waals surface area contributed by atoms with Crippen LogP contribution in [-0.2, 0) is 6.54 Å². The number of benzene rings is 2. The molecule has 0 spiro atoms. The Morgan fingerprint density at radius 2 is 1.76 bits per heavy atom. The number of nitrogens with zero attached hydrogens (tertiary/aromatic N) is 1. The van der Waals surface area contributed by atoms with Crippen LogP contribution in [0.15, 0.2) is 48.5 Å². The molecule has 0 atom stereocenters. The molecule has 0 aromatic heterocycles. The van der Waals surface area contributed by atoms with E-state index in [1.807, 2.05) is 42.2 Å². The molecule has 110 valence electrons. The number of phenols is 2. The third-order valence-corrected chi connectivity index (χ3v) is 3.36. The first-order valence-corrected chi connectivity index (χ1v) is 6.91. The Morgan fingerprint density at radius 1 is 1.05 bits per heavy atom. The van der Waals surface area contributed by atoms with Gasteiger partial charge < -0.3 is 10.2 Å². The molecule has 2 N–H and O–H groups in total. The van der Waals surface area contributed by atoms with Crippen LogP contribution in [0.2, 0.25) is 0 Å². The largest absolute Gasteiger partial charge is 0.504 e. The molecule has 2 rings (SSSR count). The normalized spacial score (nSPS) is 10.8. The minimum atomic E-state index is -0.271. The van der Waals surface area contributed by atoms with Crippen molar-refractivity contribution in [2.45, 2.75) is 13.5 Å². The van der Waals surface area contributed by atoms with Crippen molar-refractivity contribution in [3.63, 3.8) is 0 Å². The van der Waals surface area contributed by atoms with E-state index < -0.39 is 0 Å². The Labute approximate surface area is 124 Å². The summed E-state index contributed by atoms with van der Waals surface area (Å²) < 4.78 is 0. The fraction of sp³-hybridized carbons (Fsp3) is 0.235. The van der Waals surface area contributed by atoms with Gasteiger partial charge in [-0.05, 0) is 30.3 Å². The molecule has 0 fully saturated rings. The summed E-state index contributed by atoms with van der Waals surface area (Å²) in [5, 5.41) is 18.7. The molecule has 0 saturated carbocycles. The highest BCUT2D eigenvalue weighted by Gasteiger charge is 2.13. The summed E-state index contributed by atoms with van der Waals surface area (Å²) >= 11 is 0. The van der Waals surface area contributed by atoms with Crippen molar-refractivity contribution in [2.24, 2.45) is 0 Å². The minimum Gasteiger partial charge on any atom is -0.504 e. The number of carbonyl (C=O) groups excluding carboxylic acids is 1. The quantitative estimate of drug-likeness (QED) is 0.633. The summed E-state index contributed by atoms with van der Waals surface area (Å²) in [5.74, 6) is -0.571. The molecule has 0 amide bonds. The molecular formula is C17H19NO3. The zero-order chi connectivity index (χ0) is 15.2. The lowest BCUT2D eigenvalue weighted by Crippen LogP contribution is -2.29. The van der Waals surface area contributed by atoms with E-state index >= 15 is 0 Å². The lowest BCUT2D eigenvalue weighted by atomic mass is 10.1. The van der Waals surface area contributed by atoms with Gasteiger partial charge in [0.15, 0.2) is 17.3 Å². The molecule has 2 aromatic carbocycles. The topological polar surface area (TPSA) is 60.8 Å². The number of ketones is 1. The fourth-order valence-corrected chi connectivity index (χ4v) is 2.11. The summed E-state index contributed by atoms with van der Waals surface area (Å²) in [6, 6.07) is 14.1. The smallest absolute Gasteiger partial charge is 0.176 e. The van der Waals surface area contributed by atoms with Crippen LogP contribution in [-0.4, -0.2) is 34.0 Å². The molecule has 0 radical (unpaired) electrons. The van der Waals surface area contributed by atoms with Crippen LogP contribution >= 0.6 is 0 Å². The van der Waals surface area contributed by atoms with Gasteiger partial charge in [0, 0.05) is 12.1 Å². The van der Waals surface area contributed by atoms with Crippen molar-refractivity contribution in [2.75, 3.05) is 13.1 Å². The number of hydrogen-bond donors (Lipinski definition) is 2. The first kappa shape index (κ1) is 15.1. The predicted molar refractivity (Wildman–Crippen MR) is 81.5 cm³/mol. The van der Waals surface area contributed by atoms with E-state index in [-0.39, 0.29) is 23.8 Å². The Balaban J connectivity index is 2.04. The maximum absolute atomic E-state index is 12.2. The van der Waals surface area contributed by atoms with Crippen molar-refractivity contribution >= 4 is 5.78 Å². The van der Waals surface area contributed by atoms with Gasteiger partial charge >= 0.3 is 0 Å². The monoisotopic (exact) mass is 285 g/mol. The molecule has 0 aliphatic rings. The van der Waals surface area contributed by atoms with Crippen LogP contribution in [0.5, 0.6) is 11.5 Å². The van der Waals surface area contributed by atoms with E-state index in [0.29, 0.717) is 12.1 Å². The van der Waals surface area contributed by atoms with Gasteiger partial charge in [-0.1, -0.05) is 37.3 Å². The van der Waals surface area contributed by atoms with E-state index in [0.717, 1.165) is 12.1 Å². The first-order chi connectivity index (χ1) is 10.1. The minimum absolute atomic E-state index is 0.0805. The van der Waals surface area contributed by atoms with Gasteiger partial charge in [0.1, 0.15) is 0 Å². The molecule has 0 saturated heterocycles. The predicted octanol–water partition coefficient (Wildman–Crippen LogP) is 2.80. The number of likely N-dealkylation sites (N-methyl/N-ethyl adjacent to an activating group) is 1. The van der Waals surface area contributed by atoms with Gasteiger partial charge in [-0.3, -0.25) is 9.69 Å². The molecule has 21 heavy (non-hydrogen) atoms. The van der Waals surface area contributed by atoms with Crippen LogP contribution in [0.1, 0.15) is 22.8 Å². The van der Waals surface area contributed by atoms with Crippen LogP contribution < -0.4 is 0 Å². The number of aromatic hydroxyl groups is 2. The van der Waals surface area contributed by atoms with Gasteiger partial charge in [-0.15, -0.1) is 0 Å². The first-order valence-electron chi connectivity index (χ1n) is 6.91. The highest BCUT2D eigenvalue weighted by Crippen LogP contribution is 2.25. The van der Waals surface area contributed by atoms with Gasteiger partial charge in [0.25, 0.3) is 0 Å². The second-order valence-electron chi connectivity index (χ2n) is 4.92. The van der Waals surface area contributed by atoms with Crippen LogP contribution in [0.3, 0.4) is 0 Å². The van der Waals surface area contributed by atoms with Crippen molar-refractivity contribution < 1.29 is 15.0 Å². The standard InChI is InChI=1S/C17H19NO3/c1-2-18(11-13-6-4-3-5-7-13)12-17(21)14-8-9-15(19)16(20)10-14/h3-10,19-20H,2,11-12H2,1H3. The summed E-state index contributed by atoms with van der Waals surface area (Å²) in [4.78, 5) is 14.3. The molecule has 0 heterocycles. The van der Waals surface area contributed by atoms with Crippen molar-refractivity contribution in [1.29, 1.82) is 0 Å². The molecule has 4 nitrogen and oxygen atoms in total. The average molecular weight is 285 g/mol. The third kappa shape index (κ3) is 4.07. The number of carbonyl (C=O) groups is 1. The van der Waals surface area contributed by atoms with Gasteiger partial charge in [-0.25, -0.2) is 0 Å². The number of phenolic OH excluding ortho intramolecular Hbond substituents is 2. The summed E-state index contributed by atoms with van der Waals surface area (Å²) in [6.45, 7) is 3.73. The van der Waals surface area contributed by atoms with E-state index in [9.17, 15) is 15.0 Å². The molecular weight excluding hydrogens is 266 g/mol. The van der Waals surface area contributed by atoms with E-state index in [1.165, 1.54) is 18.2 Å². The molecule has 4 heteroatoms. The van der Waals surface area contributed by atoms with E-state index in [1.54, 1.807) is 0 Å². The molecule has 0 bridgehead atoms. The number of Topliss-reactive ketones (excluding diaryl/α,β-unsaturated/α-hetero) is 1. The zero-order valence-electron chi connectivity index (χ0n) is 12.0. The summed E-state index contributed by atoms with van der Waals surface area (Å²) in [7, 11) is 0. The lowest BCUT2D eigenvalue weighted by molar-refractivity contribution is 0.0929. The maximum atomic E-state index is 12.2. The van der Waals surface area contributed by atoms with Crippen molar-refractivity contribution in [3.8, 4) is 11.5 Å². The van der Waals surface area contributed by atoms with Crippen molar-refractivity contribution in [1.82, 2.24) is 4.90 Å². The SMILES string of the molecule is CCN(CC(=O)c1ccc(O)c(O)c1)Cc1ccccc1. The van der Waals surface area contributed by atoms with Crippen LogP contribution in [0.25, 0.3) is 0 Å². The Hall–Kier alpha value is -2.33. The summed E-state index contributed by atoms with van der Waals surface area (Å²) in [5.41, 5.74) is 1.55. The molecule has 0 aliphatic carbocycles. The number of hydrogen-bond acceptors (Lipinski definition) is 4. The Kier molecular flexibility index (Phi) is 4.95. The second-order valence-corrected chi connectivity index (χ2v) is 4.92. The molecule has 0 unspecified atom stereocenters. The Morgan fingerprint density at radius 3 is 2.38 bits per heavy atom. The number of rotatable bonds is 6. The maximum Gasteiger partial charge on any atom is 0.176 e. The van der Waals surface area contributed by atoms with Crippen LogP contribution in [0, 0.1) is 0 Å². The van der Waals surface area contributed by atoms with Crippen LogP contribution in [0.4, 0.5) is 0 Å². The fourth-order valence-electron chi connectivity index (χ4n) is 2.11.